The third-order valence-electron chi connectivity index (χ3n) is 7.92. The van der Waals surface area contributed by atoms with E-state index in [-0.39, 0.29) is 30.2 Å². The van der Waals surface area contributed by atoms with Gasteiger partial charge in [0, 0.05) is 24.3 Å². The minimum absolute atomic E-state index is 0.0317. The van der Waals surface area contributed by atoms with E-state index in [0.717, 1.165) is 23.3 Å². The summed E-state index contributed by atoms with van der Waals surface area (Å²) in [6, 6.07) is 6.68. The van der Waals surface area contributed by atoms with Crippen LogP contribution in [0.1, 0.15) is 46.6 Å². The molecule has 3 fully saturated rings. The Balaban J connectivity index is 1.20. The van der Waals surface area contributed by atoms with Crippen molar-refractivity contribution >= 4 is 43.7 Å². The van der Waals surface area contributed by atoms with Crippen molar-refractivity contribution in [3.63, 3.8) is 0 Å². The van der Waals surface area contributed by atoms with Gasteiger partial charge in [-0.1, -0.05) is 12.8 Å². The molecule has 13 heteroatoms. The van der Waals surface area contributed by atoms with Crippen LogP contribution in [-0.4, -0.2) is 83.6 Å². The minimum atomic E-state index is -4.53. The van der Waals surface area contributed by atoms with Gasteiger partial charge in [0.15, 0.2) is 11.5 Å². The van der Waals surface area contributed by atoms with Gasteiger partial charge in [0.2, 0.25) is 5.91 Å². The monoisotopic (exact) mass is 580 g/mol. The Morgan fingerprint density at radius 3 is 2.68 bits per heavy atom. The molecular weight excluding hydrogens is 552 g/mol. The normalized spacial score (nSPS) is 21.6. The summed E-state index contributed by atoms with van der Waals surface area (Å²) in [5, 5.41) is 2.31. The van der Waals surface area contributed by atoms with Crippen LogP contribution in [0, 0.1) is 5.92 Å². The van der Waals surface area contributed by atoms with E-state index < -0.39 is 57.4 Å². The second kappa shape index (κ2) is 10.4. The maximum absolute atomic E-state index is 13.8. The molecule has 1 N–H and O–H groups in total. The Morgan fingerprint density at radius 2 is 1.98 bits per heavy atom. The predicted molar refractivity (Wildman–Crippen MR) is 144 cm³/mol. The lowest BCUT2D eigenvalue weighted by Crippen LogP contribution is -2.52. The molecule has 3 atom stereocenters. The van der Waals surface area contributed by atoms with Gasteiger partial charge in [0.1, 0.15) is 23.4 Å². The molecule has 3 aromatic rings. The van der Waals surface area contributed by atoms with Gasteiger partial charge in [0.05, 0.1) is 25.3 Å². The molecular formula is C28H28N4O8S. The number of methoxy groups -OCH3 is 1. The number of benzene rings is 1. The molecule has 41 heavy (non-hydrogen) atoms. The maximum Gasteiger partial charge on any atom is 0.293 e. The third-order valence-corrected chi connectivity index (χ3v) is 9.64. The van der Waals surface area contributed by atoms with E-state index in [1.165, 1.54) is 30.3 Å². The molecule has 1 saturated carbocycles. The molecule has 3 unspecified atom stereocenters. The van der Waals surface area contributed by atoms with E-state index in [4.69, 9.17) is 9.15 Å². The van der Waals surface area contributed by atoms with Crippen molar-refractivity contribution in [2.45, 2.75) is 43.8 Å². The molecule has 1 aromatic carbocycles. The summed E-state index contributed by atoms with van der Waals surface area (Å²) in [5.74, 6) is -0.595. The number of amides is 2. The van der Waals surface area contributed by atoms with Crippen LogP contribution < -0.4 is 10.1 Å². The number of carbonyl (C=O) groups is 4. The number of Topliss-reactive ketones (excluding diaryl/α,β-unsaturated/α-hetero) is 1. The Morgan fingerprint density at radius 1 is 1.17 bits per heavy atom. The standard InChI is InChI=1S/C28H28N4O8S/c1-39-19-6-7-23-18(12-19)13-24(40-23)26(34)30-20(11-16-4-5-16)27(35)31-10-8-21-25(31)22(33)15-32(21)41(37,38)28(36)17-3-2-9-29-14-17/h2-3,6-7,9,12-14,16,20-21,25H,4-5,8,10-11,15H2,1H3,(H,30,34). The fraction of sp³-hybridized carbons (Fsp3) is 0.393. The van der Waals surface area contributed by atoms with Crippen molar-refractivity contribution < 1.29 is 36.7 Å². The summed E-state index contributed by atoms with van der Waals surface area (Å²) in [4.78, 5) is 58.1. The highest BCUT2D eigenvalue weighted by atomic mass is 32.2. The number of carbonyl (C=O) groups excluding carboxylic acids is 4. The number of nitrogens with zero attached hydrogens (tertiary/aromatic N) is 3. The summed E-state index contributed by atoms with van der Waals surface area (Å²) in [6.07, 6.45) is 5.01. The number of ketones is 1. The van der Waals surface area contributed by atoms with E-state index in [1.54, 1.807) is 24.3 Å². The van der Waals surface area contributed by atoms with Crippen molar-refractivity contribution in [2.75, 3.05) is 20.2 Å². The molecule has 2 aromatic heterocycles. The number of fused-ring (bicyclic) bond motifs is 2. The summed E-state index contributed by atoms with van der Waals surface area (Å²) in [7, 11) is -2.99. The largest absolute Gasteiger partial charge is 0.497 e. The van der Waals surface area contributed by atoms with Crippen LogP contribution in [0.2, 0.25) is 0 Å². The summed E-state index contributed by atoms with van der Waals surface area (Å²) in [6.45, 7) is -0.385. The number of nitrogens with one attached hydrogen (secondary N) is 1. The lowest BCUT2D eigenvalue weighted by Gasteiger charge is -2.28. The molecule has 214 valence electrons. The number of hydrogen-bond acceptors (Lipinski definition) is 9. The molecule has 0 radical (unpaired) electrons. The first kappa shape index (κ1) is 27.1. The zero-order chi connectivity index (χ0) is 28.9. The molecule has 2 amide bonds. The number of pyridine rings is 1. The first-order valence-corrected chi connectivity index (χ1v) is 14.8. The van der Waals surface area contributed by atoms with E-state index in [0.29, 0.717) is 23.1 Å². The molecule has 2 saturated heterocycles. The number of rotatable bonds is 8. The molecule has 0 spiro atoms. The topological polar surface area (TPSA) is 156 Å². The predicted octanol–water partition coefficient (Wildman–Crippen LogP) is 1.76. The average Bonchev–Trinajstić information content (AvgIpc) is 3.38. The quantitative estimate of drug-likeness (QED) is 0.419. The van der Waals surface area contributed by atoms with Crippen molar-refractivity contribution in [3.05, 3.63) is 60.1 Å². The van der Waals surface area contributed by atoms with E-state index >= 15 is 0 Å². The van der Waals surface area contributed by atoms with Gasteiger partial charge < -0.3 is 19.4 Å². The lowest BCUT2D eigenvalue weighted by molar-refractivity contribution is -0.138. The molecule has 4 heterocycles. The molecule has 2 aliphatic heterocycles. The van der Waals surface area contributed by atoms with Crippen LogP contribution in [0.4, 0.5) is 0 Å². The van der Waals surface area contributed by atoms with Crippen LogP contribution in [-0.2, 0) is 19.6 Å². The van der Waals surface area contributed by atoms with Gasteiger partial charge in [-0.05, 0) is 55.2 Å². The fourth-order valence-corrected chi connectivity index (χ4v) is 7.18. The van der Waals surface area contributed by atoms with Gasteiger partial charge in [0.25, 0.3) is 21.0 Å². The second-order valence-corrected chi connectivity index (χ2v) is 12.4. The number of furan rings is 1. The van der Waals surface area contributed by atoms with E-state index in [1.807, 2.05) is 0 Å². The highest BCUT2D eigenvalue weighted by Crippen LogP contribution is 2.37. The highest BCUT2D eigenvalue weighted by molar-refractivity contribution is 8.04. The van der Waals surface area contributed by atoms with E-state index in [9.17, 15) is 27.6 Å². The summed E-state index contributed by atoms with van der Waals surface area (Å²) in [5.41, 5.74) is 0.382. The van der Waals surface area contributed by atoms with Gasteiger partial charge in [-0.2, -0.15) is 4.31 Å². The summed E-state index contributed by atoms with van der Waals surface area (Å²) >= 11 is 0. The number of hydrogen-bond donors (Lipinski definition) is 1. The van der Waals surface area contributed by atoms with E-state index in [2.05, 4.69) is 10.3 Å². The Bertz CT molecular complexity index is 1650. The average molecular weight is 581 g/mol. The highest BCUT2D eigenvalue weighted by Gasteiger charge is 2.55. The zero-order valence-electron chi connectivity index (χ0n) is 22.2. The molecule has 3 aliphatic rings. The molecule has 1 aliphatic carbocycles. The number of sulfonamides is 1. The van der Waals surface area contributed by atoms with Crippen molar-refractivity contribution in [1.29, 1.82) is 0 Å². The molecule has 6 rings (SSSR count). The lowest BCUT2D eigenvalue weighted by atomic mass is 10.1. The molecule has 12 nitrogen and oxygen atoms in total. The summed E-state index contributed by atoms with van der Waals surface area (Å²) < 4.78 is 38.3. The fourth-order valence-electron chi connectivity index (χ4n) is 5.68. The SMILES string of the molecule is COc1ccc2oc(C(=O)NC(CC3CC3)C(=O)N3CCC4C3C(=O)CN4S(=O)(=O)C(=O)c3cccnc3)cc2c1. The first-order chi connectivity index (χ1) is 19.7. The number of likely N-dealkylation sites (tertiary alicyclic amines) is 1. The minimum Gasteiger partial charge on any atom is -0.497 e. The van der Waals surface area contributed by atoms with Crippen LogP contribution in [0.25, 0.3) is 11.0 Å². The Labute approximate surface area is 235 Å². The maximum atomic E-state index is 13.8. The van der Waals surface area contributed by atoms with Crippen LogP contribution in [0.3, 0.4) is 0 Å². The zero-order valence-corrected chi connectivity index (χ0v) is 23.0. The van der Waals surface area contributed by atoms with Crippen LogP contribution in [0.15, 0.2) is 53.2 Å². The van der Waals surface area contributed by atoms with Crippen molar-refractivity contribution in [2.24, 2.45) is 5.92 Å². The van der Waals surface area contributed by atoms with Crippen LogP contribution in [0.5, 0.6) is 5.75 Å². The molecule has 0 bridgehead atoms. The number of aromatic nitrogens is 1. The van der Waals surface area contributed by atoms with Gasteiger partial charge in [-0.3, -0.25) is 24.2 Å². The second-order valence-electron chi connectivity index (χ2n) is 10.6. The Kier molecular flexibility index (Phi) is 6.86. The van der Waals surface area contributed by atoms with Gasteiger partial charge in [-0.25, -0.2) is 8.42 Å². The van der Waals surface area contributed by atoms with Crippen LogP contribution >= 0.6 is 0 Å². The van der Waals surface area contributed by atoms with Crippen molar-refractivity contribution in [3.8, 4) is 5.75 Å². The smallest absolute Gasteiger partial charge is 0.293 e. The number of ether oxygens (including phenoxy) is 1. The first-order valence-electron chi connectivity index (χ1n) is 13.3. The third kappa shape index (κ3) is 4.99. The van der Waals surface area contributed by atoms with Crippen molar-refractivity contribution in [1.82, 2.24) is 19.5 Å². The van der Waals surface area contributed by atoms with Gasteiger partial charge >= 0.3 is 0 Å². The Hall–Kier alpha value is -4.10. The van der Waals surface area contributed by atoms with Gasteiger partial charge in [-0.15, -0.1) is 0 Å².